The van der Waals surface area contributed by atoms with Crippen LogP contribution in [0.3, 0.4) is 0 Å². The molecule has 12 nitrogen and oxygen atoms in total. The van der Waals surface area contributed by atoms with Crippen LogP contribution in [0.4, 0.5) is 18.0 Å². The summed E-state index contributed by atoms with van der Waals surface area (Å²) in [5, 5.41) is 14.2. The van der Waals surface area contributed by atoms with E-state index in [2.05, 4.69) is 14.9 Å². The first-order valence-electron chi connectivity index (χ1n) is 10.3. The van der Waals surface area contributed by atoms with Crippen LogP contribution in [-0.4, -0.2) is 89.9 Å². The number of halogens is 3. The second-order valence-electron chi connectivity index (χ2n) is 8.70. The molecule has 16 heteroatoms. The number of carboxylic acid groups (broad SMARTS) is 1. The summed E-state index contributed by atoms with van der Waals surface area (Å²) in [6, 6.07) is -1.69. The molecule has 33 heavy (non-hydrogen) atoms. The Balaban J connectivity index is 0.000000383. The molecule has 3 aliphatic heterocycles. The van der Waals surface area contributed by atoms with E-state index in [4.69, 9.17) is 14.5 Å². The van der Waals surface area contributed by atoms with Gasteiger partial charge in [0.25, 0.3) is 0 Å². The maximum Gasteiger partial charge on any atom is 0.490 e. The average Bonchev–Trinajstić information content (AvgIpc) is 2.90. The Morgan fingerprint density at radius 1 is 1.15 bits per heavy atom. The van der Waals surface area contributed by atoms with Crippen LogP contribution >= 0.6 is 0 Å². The molecule has 0 aromatic carbocycles. The van der Waals surface area contributed by atoms with E-state index in [1.54, 1.807) is 0 Å². The molecule has 2 atom stereocenters. The zero-order chi connectivity index (χ0) is 24.6. The van der Waals surface area contributed by atoms with Gasteiger partial charge in [-0.25, -0.2) is 9.59 Å². The predicted octanol–water partition coefficient (Wildman–Crippen LogP) is 0.271. The number of amides is 3. The molecule has 2 bridgehead atoms. The number of hydrogen-bond acceptors (Lipinski definition) is 7. The molecular weight excluding hydrogens is 477 g/mol. The third-order valence-corrected chi connectivity index (χ3v) is 6.78. The molecule has 0 unspecified atom stereocenters. The second kappa shape index (κ2) is 9.23. The quantitative estimate of drug-likeness (QED) is 0.395. The van der Waals surface area contributed by atoms with Gasteiger partial charge in [-0.05, 0) is 43.9 Å². The van der Waals surface area contributed by atoms with Crippen molar-refractivity contribution in [2.75, 3.05) is 19.6 Å². The number of nitrogens with one attached hydrogen (secondary N) is 2. The van der Waals surface area contributed by atoms with Crippen LogP contribution in [0.15, 0.2) is 0 Å². The fraction of sp³-hybridized carbons (Fsp3) is 0.824. The predicted molar refractivity (Wildman–Crippen MR) is 103 cm³/mol. The number of carbonyl (C=O) groups is 3. The number of carboxylic acids is 1. The number of rotatable bonds is 4. The Labute approximate surface area is 187 Å². The molecule has 1 spiro atoms. The van der Waals surface area contributed by atoms with E-state index >= 15 is 0 Å². The number of fused-ring (bicyclic) bond motifs is 2. The van der Waals surface area contributed by atoms with E-state index < -0.39 is 40.7 Å². The molecule has 3 amide bonds. The van der Waals surface area contributed by atoms with Gasteiger partial charge in [-0.15, -0.1) is 4.28 Å². The van der Waals surface area contributed by atoms with Crippen LogP contribution in [0.5, 0.6) is 0 Å². The summed E-state index contributed by atoms with van der Waals surface area (Å²) >= 11 is 0. The lowest BCUT2D eigenvalue weighted by Crippen LogP contribution is -2.58. The fourth-order valence-corrected chi connectivity index (χ4v) is 5.00. The van der Waals surface area contributed by atoms with Gasteiger partial charge in [-0.3, -0.25) is 9.35 Å². The third-order valence-electron chi connectivity index (χ3n) is 6.44. The molecule has 1 aliphatic carbocycles. The first-order valence-corrected chi connectivity index (χ1v) is 11.7. The van der Waals surface area contributed by atoms with Crippen molar-refractivity contribution in [2.45, 2.75) is 62.8 Å². The highest BCUT2D eigenvalue weighted by Gasteiger charge is 2.50. The van der Waals surface area contributed by atoms with Gasteiger partial charge in [0.2, 0.25) is 5.91 Å². The van der Waals surface area contributed by atoms with Crippen molar-refractivity contribution in [3.63, 3.8) is 0 Å². The topological polar surface area (TPSA) is 166 Å². The number of nitrogens with zero attached hydrogens (tertiary/aromatic N) is 2. The van der Waals surface area contributed by atoms with Gasteiger partial charge in [-0.1, -0.05) is 0 Å². The van der Waals surface area contributed by atoms with Crippen molar-refractivity contribution < 1.29 is 49.9 Å². The number of hydrogen-bond donors (Lipinski definition) is 4. The number of urea groups is 1. The van der Waals surface area contributed by atoms with Crippen LogP contribution < -0.4 is 10.6 Å². The Kier molecular flexibility index (Phi) is 7.12. The highest BCUT2D eigenvalue weighted by atomic mass is 32.3. The Hall–Kier alpha value is -2.17. The Morgan fingerprint density at radius 3 is 2.18 bits per heavy atom. The smallest absolute Gasteiger partial charge is 0.475 e. The molecule has 188 valence electrons. The monoisotopic (exact) mass is 502 g/mol. The van der Waals surface area contributed by atoms with E-state index in [-0.39, 0.29) is 18.5 Å². The van der Waals surface area contributed by atoms with E-state index in [9.17, 15) is 31.2 Å². The van der Waals surface area contributed by atoms with Crippen LogP contribution in [-0.2, 0) is 24.3 Å². The van der Waals surface area contributed by atoms with Gasteiger partial charge in [0.05, 0.1) is 6.04 Å². The van der Waals surface area contributed by atoms with Gasteiger partial charge < -0.3 is 20.6 Å². The molecule has 3 saturated heterocycles. The number of hydroxylamine groups is 2. The molecule has 0 aromatic rings. The molecule has 3 heterocycles. The molecule has 4 rings (SSSR count). The van der Waals surface area contributed by atoms with E-state index in [0.29, 0.717) is 23.3 Å². The van der Waals surface area contributed by atoms with Gasteiger partial charge in [0.1, 0.15) is 6.04 Å². The highest BCUT2D eigenvalue weighted by molar-refractivity contribution is 7.80. The van der Waals surface area contributed by atoms with Crippen molar-refractivity contribution in [3.8, 4) is 0 Å². The summed E-state index contributed by atoms with van der Waals surface area (Å²) in [5.74, 6) is -2.95. The maximum absolute atomic E-state index is 12.7. The Bertz CT molecular complexity index is 885. The minimum Gasteiger partial charge on any atom is -0.475 e. The van der Waals surface area contributed by atoms with E-state index in [1.807, 2.05) is 0 Å². The maximum atomic E-state index is 12.7. The zero-order valence-corrected chi connectivity index (χ0v) is 18.2. The SMILES string of the molecule is O=C(NC1CCC2(CC1)CNC2)[C@@H]1CC[C@@H]2CN1C(=O)N2OS(=O)(=O)O.O=C(O)C(F)(F)F. The van der Waals surface area contributed by atoms with Gasteiger partial charge in [-0.2, -0.15) is 26.7 Å². The summed E-state index contributed by atoms with van der Waals surface area (Å²) in [7, 11) is -4.77. The lowest BCUT2D eigenvalue weighted by Gasteiger charge is -2.47. The molecule has 4 N–H and O–H groups in total. The standard InChI is InChI=1S/C15H24N4O6S.C2HF3O2/c20-13(17-10-3-5-15(6-4-10)8-16-9-15)12-2-1-11-7-18(12)14(21)19(11)25-26(22,23)24;3-2(4,5)1(6)7/h10-12,16H,1-9H2,(H,17,20)(H,22,23,24);(H,6,7)/t11-,12+;/m1./s1. The summed E-state index contributed by atoms with van der Waals surface area (Å²) in [4.78, 5) is 35.3. The minimum atomic E-state index is -5.08. The first kappa shape index (κ1) is 25.5. The van der Waals surface area contributed by atoms with Gasteiger partial charge >= 0.3 is 28.6 Å². The van der Waals surface area contributed by atoms with Crippen molar-refractivity contribution >= 4 is 28.3 Å². The molecular formula is C17H25F3N4O8S. The molecule has 4 aliphatic rings. The zero-order valence-electron chi connectivity index (χ0n) is 17.4. The molecule has 0 aromatic heterocycles. The molecule has 1 saturated carbocycles. The summed E-state index contributed by atoms with van der Waals surface area (Å²) in [5.41, 5.74) is 0.415. The second-order valence-corrected chi connectivity index (χ2v) is 9.70. The number of carbonyl (C=O) groups excluding carboxylic acids is 2. The highest BCUT2D eigenvalue weighted by Crippen LogP contribution is 2.39. The average molecular weight is 502 g/mol. The number of aliphatic carboxylic acids is 1. The van der Waals surface area contributed by atoms with Crippen LogP contribution in [0.25, 0.3) is 0 Å². The van der Waals surface area contributed by atoms with Crippen molar-refractivity contribution in [2.24, 2.45) is 5.41 Å². The largest absolute Gasteiger partial charge is 0.490 e. The number of piperidine rings is 1. The number of alkyl halides is 3. The van der Waals surface area contributed by atoms with Crippen molar-refractivity contribution in [1.29, 1.82) is 0 Å². The van der Waals surface area contributed by atoms with Crippen molar-refractivity contribution in [3.05, 3.63) is 0 Å². The lowest BCUT2D eigenvalue weighted by molar-refractivity contribution is -0.192. The first-order chi connectivity index (χ1) is 15.2. The van der Waals surface area contributed by atoms with Crippen LogP contribution in [0, 0.1) is 5.41 Å². The van der Waals surface area contributed by atoms with Crippen molar-refractivity contribution in [1.82, 2.24) is 20.6 Å². The normalized spacial score (nSPS) is 27.0. The van der Waals surface area contributed by atoms with Gasteiger partial charge in [0, 0.05) is 25.7 Å². The summed E-state index contributed by atoms with van der Waals surface area (Å²) < 4.78 is 66.8. The minimum absolute atomic E-state index is 0.120. The lowest BCUT2D eigenvalue weighted by atomic mass is 9.68. The van der Waals surface area contributed by atoms with E-state index in [0.717, 1.165) is 38.8 Å². The molecule has 0 radical (unpaired) electrons. The van der Waals surface area contributed by atoms with E-state index in [1.165, 1.54) is 4.90 Å². The van der Waals surface area contributed by atoms with Crippen LogP contribution in [0.2, 0.25) is 0 Å². The van der Waals surface area contributed by atoms with Gasteiger partial charge in [0.15, 0.2) is 0 Å². The fourth-order valence-electron chi connectivity index (χ4n) is 4.61. The molecule has 4 fully saturated rings. The third kappa shape index (κ3) is 6.04. The van der Waals surface area contributed by atoms with Crippen LogP contribution in [0.1, 0.15) is 38.5 Å². The Morgan fingerprint density at radius 2 is 1.73 bits per heavy atom. The summed E-state index contributed by atoms with van der Waals surface area (Å²) in [6.45, 7) is 2.33. The summed E-state index contributed by atoms with van der Waals surface area (Å²) in [6.07, 6.45) is -0.139.